The number of hydrogen-bond donors (Lipinski definition) is 1. The zero-order chi connectivity index (χ0) is 21.3. The van der Waals surface area contributed by atoms with E-state index < -0.39 is 10.8 Å². The Labute approximate surface area is 172 Å². The number of furan rings is 1. The molecule has 0 radical (unpaired) electrons. The van der Waals surface area contributed by atoms with Crippen LogP contribution in [0.25, 0.3) is 11.3 Å². The molecule has 30 heavy (non-hydrogen) atoms. The summed E-state index contributed by atoms with van der Waals surface area (Å²) in [5.41, 5.74) is 2.62. The number of nitro groups is 1. The molecular weight excluding hydrogens is 390 g/mol. The van der Waals surface area contributed by atoms with E-state index in [4.69, 9.17) is 13.9 Å². The first-order chi connectivity index (χ1) is 14.6. The van der Waals surface area contributed by atoms with Gasteiger partial charge in [-0.05, 0) is 37.3 Å². The van der Waals surface area contributed by atoms with E-state index in [0.29, 0.717) is 35.2 Å². The Morgan fingerprint density at radius 3 is 2.53 bits per heavy atom. The van der Waals surface area contributed by atoms with E-state index in [1.54, 1.807) is 48.5 Å². The lowest BCUT2D eigenvalue weighted by Gasteiger charge is -2.10. The van der Waals surface area contributed by atoms with Crippen molar-refractivity contribution in [2.45, 2.75) is 6.92 Å². The average molecular weight is 409 g/mol. The monoisotopic (exact) mass is 409 g/mol. The van der Waals surface area contributed by atoms with Crippen LogP contribution in [0.4, 0.5) is 5.69 Å². The quantitative estimate of drug-likeness (QED) is 0.327. The fourth-order valence-electron chi connectivity index (χ4n) is 2.60. The van der Waals surface area contributed by atoms with Gasteiger partial charge in [0.1, 0.15) is 11.5 Å². The van der Waals surface area contributed by atoms with Gasteiger partial charge in [-0.2, -0.15) is 5.10 Å². The predicted molar refractivity (Wildman–Crippen MR) is 110 cm³/mol. The van der Waals surface area contributed by atoms with Crippen molar-refractivity contribution < 1.29 is 23.6 Å². The average Bonchev–Trinajstić information content (AvgIpc) is 3.22. The number of benzene rings is 2. The molecular formula is C21H19N3O6. The molecule has 0 unspecified atom stereocenters. The summed E-state index contributed by atoms with van der Waals surface area (Å²) in [5, 5.41) is 15.0. The second-order valence-electron chi connectivity index (χ2n) is 5.94. The number of rotatable bonds is 9. The van der Waals surface area contributed by atoms with Gasteiger partial charge in [-0.15, -0.1) is 0 Å². The molecule has 3 aromatic rings. The normalized spacial score (nSPS) is 10.7. The van der Waals surface area contributed by atoms with Gasteiger partial charge >= 0.3 is 0 Å². The van der Waals surface area contributed by atoms with Crippen molar-refractivity contribution >= 4 is 17.8 Å². The molecule has 2 aromatic carbocycles. The van der Waals surface area contributed by atoms with Crippen LogP contribution in [0.15, 0.2) is 70.2 Å². The summed E-state index contributed by atoms with van der Waals surface area (Å²) in [6.45, 7) is 2.09. The fourth-order valence-corrected chi connectivity index (χ4v) is 2.60. The third kappa shape index (κ3) is 5.22. The van der Waals surface area contributed by atoms with Crippen molar-refractivity contribution in [3.8, 4) is 22.8 Å². The fraction of sp³-hybridized carbons (Fsp3) is 0.143. The molecule has 0 aliphatic rings. The van der Waals surface area contributed by atoms with E-state index in [-0.39, 0.29) is 12.3 Å². The van der Waals surface area contributed by atoms with Crippen molar-refractivity contribution in [1.82, 2.24) is 5.43 Å². The van der Waals surface area contributed by atoms with E-state index in [1.165, 1.54) is 12.3 Å². The molecule has 3 rings (SSSR count). The van der Waals surface area contributed by atoms with Gasteiger partial charge in [-0.3, -0.25) is 14.9 Å². The first-order valence-electron chi connectivity index (χ1n) is 9.08. The smallest absolute Gasteiger partial charge is 0.280 e. The summed E-state index contributed by atoms with van der Waals surface area (Å²) >= 11 is 0. The van der Waals surface area contributed by atoms with Crippen LogP contribution in [0, 0.1) is 10.1 Å². The second-order valence-corrected chi connectivity index (χ2v) is 5.94. The third-order valence-electron chi connectivity index (χ3n) is 3.88. The van der Waals surface area contributed by atoms with Gasteiger partial charge in [0.2, 0.25) is 0 Å². The van der Waals surface area contributed by atoms with Crippen LogP contribution >= 0.6 is 0 Å². The number of hydrazone groups is 1. The lowest BCUT2D eigenvalue weighted by atomic mass is 10.1. The highest BCUT2D eigenvalue weighted by Gasteiger charge is 2.16. The van der Waals surface area contributed by atoms with E-state index >= 15 is 0 Å². The maximum atomic E-state index is 11.9. The lowest BCUT2D eigenvalue weighted by molar-refractivity contribution is -0.384. The molecule has 1 N–H and O–H groups in total. The molecule has 9 heteroatoms. The highest BCUT2D eigenvalue weighted by atomic mass is 16.6. The standard InChI is InChI=1S/C21H19N3O6/c1-2-28-19-9-5-6-10-20(19)29-14-21(25)23-22-13-15-11-12-18(30-15)16-7-3-4-8-17(16)24(26)27/h3-13H,2,14H2,1H3,(H,23,25)/b22-13-. The highest BCUT2D eigenvalue weighted by Crippen LogP contribution is 2.30. The summed E-state index contributed by atoms with van der Waals surface area (Å²) in [6.07, 6.45) is 1.30. The molecule has 0 bridgehead atoms. The highest BCUT2D eigenvalue weighted by molar-refractivity contribution is 5.82. The Hall–Kier alpha value is -4.14. The van der Waals surface area contributed by atoms with Gasteiger partial charge in [0.05, 0.1) is 23.3 Å². The second kappa shape index (κ2) is 9.87. The van der Waals surface area contributed by atoms with Gasteiger partial charge < -0.3 is 13.9 Å². The number of carbonyl (C=O) groups excluding carboxylic acids is 1. The molecule has 0 aliphatic carbocycles. The van der Waals surface area contributed by atoms with Crippen LogP contribution < -0.4 is 14.9 Å². The van der Waals surface area contributed by atoms with E-state index in [2.05, 4.69) is 10.5 Å². The van der Waals surface area contributed by atoms with Crippen LogP contribution in [0.2, 0.25) is 0 Å². The molecule has 0 spiro atoms. The molecule has 0 atom stereocenters. The molecule has 154 valence electrons. The first kappa shape index (κ1) is 20.6. The molecule has 1 heterocycles. The number of nitro benzene ring substituents is 1. The minimum atomic E-state index is -0.477. The Kier molecular flexibility index (Phi) is 6.78. The van der Waals surface area contributed by atoms with Gasteiger partial charge in [-0.25, -0.2) is 5.43 Å². The minimum absolute atomic E-state index is 0.0619. The largest absolute Gasteiger partial charge is 0.490 e. The van der Waals surface area contributed by atoms with E-state index in [1.807, 2.05) is 13.0 Å². The topological polar surface area (TPSA) is 116 Å². The number of nitrogens with zero attached hydrogens (tertiary/aromatic N) is 2. The van der Waals surface area contributed by atoms with Crippen molar-refractivity contribution in [2.24, 2.45) is 5.10 Å². The van der Waals surface area contributed by atoms with Crippen molar-refractivity contribution in [3.63, 3.8) is 0 Å². The Morgan fingerprint density at radius 1 is 1.10 bits per heavy atom. The summed E-state index contributed by atoms with van der Waals surface area (Å²) in [7, 11) is 0. The molecule has 0 fully saturated rings. The number of amides is 1. The van der Waals surface area contributed by atoms with Gasteiger partial charge in [0.15, 0.2) is 18.1 Å². The first-order valence-corrected chi connectivity index (χ1v) is 9.08. The zero-order valence-corrected chi connectivity index (χ0v) is 16.1. The molecule has 0 saturated heterocycles. The van der Waals surface area contributed by atoms with Crippen LogP contribution in [0.5, 0.6) is 11.5 Å². The molecule has 0 aliphatic heterocycles. The third-order valence-corrected chi connectivity index (χ3v) is 3.88. The lowest BCUT2D eigenvalue weighted by Crippen LogP contribution is -2.24. The molecule has 1 amide bonds. The van der Waals surface area contributed by atoms with Crippen LogP contribution in [0.1, 0.15) is 12.7 Å². The summed E-state index contributed by atoms with van der Waals surface area (Å²) in [6, 6.07) is 16.5. The Bertz CT molecular complexity index is 1060. The maximum absolute atomic E-state index is 11.9. The van der Waals surface area contributed by atoms with Gasteiger partial charge in [0, 0.05) is 6.07 Å². The van der Waals surface area contributed by atoms with Crippen LogP contribution in [-0.4, -0.2) is 30.3 Å². The summed E-state index contributed by atoms with van der Waals surface area (Å²) in [5.74, 6) is 1.19. The molecule has 0 saturated carbocycles. The zero-order valence-electron chi connectivity index (χ0n) is 16.1. The van der Waals surface area contributed by atoms with E-state index in [0.717, 1.165) is 0 Å². The SMILES string of the molecule is CCOc1ccccc1OCC(=O)N/N=C\c1ccc(-c2ccccc2[N+](=O)[O-])o1. The Balaban J connectivity index is 1.57. The van der Waals surface area contributed by atoms with Crippen LogP contribution in [0.3, 0.4) is 0 Å². The van der Waals surface area contributed by atoms with Crippen molar-refractivity contribution in [3.05, 3.63) is 76.5 Å². The Morgan fingerprint density at radius 2 is 1.80 bits per heavy atom. The number of carbonyl (C=O) groups is 1. The summed E-state index contributed by atoms with van der Waals surface area (Å²) in [4.78, 5) is 22.6. The molecule has 1 aromatic heterocycles. The maximum Gasteiger partial charge on any atom is 0.280 e. The number of hydrogen-bond acceptors (Lipinski definition) is 7. The number of ether oxygens (including phenoxy) is 2. The van der Waals surface area contributed by atoms with Crippen molar-refractivity contribution in [2.75, 3.05) is 13.2 Å². The summed E-state index contributed by atoms with van der Waals surface area (Å²) < 4.78 is 16.4. The van der Waals surface area contributed by atoms with Crippen molar-refractivity contribution in [1.29, 1.82) is 0 Å². The predicted octanol–water partition coefficient (Wildman–Crippen LogP) is 3.78. The number of nitrogens with one attached hydrogen (secondary N) is 1. The molecule has 9 nitrogen and oxygen atoms in total. The van der Waals surface area contributed by atoms with E-state index in [9.17, 15) is 14.9 Å². The van der Waals surface area contributed by atoms with Gasteiger partial charge in [-0.1, -0.05) is 24.3 Å². The number of para-hydroxylation sites is 3. The van der Waals surface area contributed by atoms with Gasteiger partial charge in [0.25, 0.3) is 11.6 Å². The van der Waals surface area contributed by atoms with Crippen LogP contribution in [-0.2, 0) is 4.79 Å². The minimum Gasteiger partial charge on any atom is -0.490 e.